The molecule has 0 radical (unpaired) electrons. The summed E-state index contributed by atoms with van der Waals surface area (Å²) in [5.41, 5.74) is 3.02. The summed E-state index contributed by atoms with van der Waals surface area (Å²) >= 11 is 0. The molecule has 2 aromatic carbocycles. The predicted octanol–water partition coefficient (Wildman–Crippen LogP) is 3.29. The van der Waals surface area contributed by atoms with Gasteiger partial charge < -0.3 is 20.1 Å². The van der Waals surface area contributed by atoms with Gasteiger partial charge in [-0.2, -0.15) is 0 Å². The van der Waals surface area contributed by atoms with Gasteiger partial charge in [-0.05, 0) is 18.9 Å². The number of carbonyl (C=O) groups is 2. The van der Waals surface area contributed by atoms with Gasteiger partial charge in [-0.3, -0.25) is 9.59 Å². The van der Waals surface area contributed by atoms with Crippen LogP contribution in [-0.2, 0) is 14.3 Å². The molecule has 34 heavy (non-hydrogen) atoms. The van der Waals surface area contributed by atoms with Crippen molar-refractivity contribution in [2.45, 2.75) is 57.4 Å². The van der Waals surface area contributed by atoms with E-state index in [1.807, 2.05) is 54.6 Å². The molecule has 7 heteroatoms. The van der Waals surface area contributed by atoms with Crippen molar-refractivity contribution in [3.05, 3.63) is 65.7 Å². The number of aliphatic imine (C=N–C) groups is 1. The highest BCUT2D eigenvalue weighted by Crippen LogP contribution is 2.27. The molecule has 1 aliphatic carbocycles. The number of ether oxygens (including phenoxy) is 1. The summed E-state index contributed by atoms with van der Waals surface area (Å²) in [7, 11) is 1.68. The Morgan fingerprint density at radius 1 is 1.12 bits per heavy atom. The molecule has 1 heterocycles. The Kier molecular flexibility index (Phi) is 7.75. The van der Waals surface area contributed by atoms with Gasteiger partial charge in [0, 0.05) is 18.2 Å². The minimum Gasteiger partial charge on any atom is -0.390 e. The summed E-state index contributed by atoms with van der Waals surface area (Å²) < 4.78 is 5.85. The number of benzene rings is 2. The van der Waals surface area contributed by atoms with Crippen LogP contribution in [0.15, 0.2) is 59.6 Å². The lowest BCUT2D eigenvalue weighted by molar-refractivity contribution is -0.134. The number of likely N-dealkylation sites (N-methyl/N-ethyl adjacent to an activating group) is 1. The molecule has 4 rings (SSSR count). The molecule has 180 valence electrons. The number of hydrogen-bond donors (Lipinski definition) is 2. The summed E-state index contributed by atoms with van der Waals surface area (Å²) in [6, 6.07) is 17.2. The smallest absolute Gasteiger partial charge is 0.272 e. The Morgan fingerprint density at radius 3 is 2.53 bits per heavy atom. The predicted molar refractivity (Wildman–Crippen MR) is 132 cm³/mol. The standard InChI is InChI=1S/C27H33N3O4/c1-18(23(31)17-34-20-13-7-4-8-14-20)26(32)29-25-27(33)30(2)22-16-10-9-15-21(22)24(28-25)19-11-5-3-6-12-19/h3,5-6,9-12,15-16,18,20,23,25,31H,4,7-8,13-14,17H2,1-2H3,(H,29,32). The van der Waals surface area contributed by atoms with Crippen molar-refractivity contribution < 1.29 is 19.4 Å². The Bertz CT molecular complexity index is 1030. The Balaban J connectivity index is 1.52. The molecule has 0 saturated heterocycles. The number of aliphatic hydroxyl groups excluding tert-OH is 1. The second-order valence-electron chi connectivity index (χ2n) is 9.12. The van der Waals surface area contributed by atoms with Crippen LogP contribution in [0, 0.1) is 5.92 Å². The lowest BCUT2D eigenvalue weighted by atomic mass is 9.97. The van der Waals surface area contributed by atoms with Gasteiger partial charge in [-0.25, -0.2) is 4.99 Å². The van der Waals surface area contributed by atoms with Crippen LogP contribution in [-0.4, -0.2) is 54.7 Å². The number of fused-ring (bicyclic) bond motifs is 1. The van der Waals surface area contributed by atoms with E-state index in [4.69, 9.17) is 9.73 Å². The van der Waals surface area contributed by atoms with E-state index in [1.165, 1.54) is 11.3 Å². The fourth-order valence-electron chi connectivity index (χ4n) is 4.49. The van der Waals surface area contributed by atoms with E-state index in [0.29, 0.717) is 5.71 Å². The first-order chi connectivity index (χ1) is 16.5. The minimum atomic E-state index is -1.10. The van der Waals surface area contributed by atoms with Gasteiger partial charge in [0.2, 0.25) is 12.1 Å². The van der Waals surface area contributed by atoms with Gasteiger partial charge in [0.05, 0.1) is 36.1 Å². The SMILES string of the molecule is CC(C(=O)NC1N=C(c2ccccc2)c2ccccc2N(C)C1=O)C(O)COC1CCCCC1. The van der Waals surface area contributed by atoms with Gasteiger partial charge in [0.25, 0.3) is 5.91 Å². The number of para-hydroxylation sites is 1. The molecule has 1 aliphatic heterocycles. The number of hydrogen-bond acceptors (Lipinski definition) is 5. The van der Waals surface area contributed by atoms with Crippen molar-refractivity contribution in [1.82, 2.24) is 5.32 Å². The summed E-state index contributed by atoms with van der Waals surface area (Å²) in [6.45, 7) is 1.74. The summed E-state index contributed by atoms with van der Waals surface area (Å²) in [5, 5.41) is 13.3. The molecule has 7 nitrogen and oxygen atoms in total. The number of nitrogens with zero attached hydrogens (tertiary/aromatic N) is 2. The van der Waals surface area contributed by atoms with E-state index in [0.717, 1.165) is 42.5 Å². The number of anilines is 1. The van der Waals surface area contributed by atoms with Crippen molar-refractivity contribution >= 4 is 23.2 Å². The van der Waals surface area contributed by atoms with Crippen molar-refractivity contribution in [2.75, 3.05) is 18.6 Å². The van der Waals surface area contributed by atoms with Crippen LogP contribution in [0.25, 0.3) is 0 Å². The van der Waals surface area contributed by atoms with Gasteiger partial charge in [0.1, 0.15) is 0 Å². The molecule has 2 aliphatic rings. The maximum atomic E-state index is 13.3. The van der Waals surface area contributed by atoms with Crippen LogP contribution in [0.5, 0.6) is 0 Å². The van der Waals surface area contributed by atoms with E-state index >= 15 is 0 Å². The Labute approximate surface area is 200 Å². The molecule has 0 aromatic heterocycles. The van der Waals surface area contributed by atoms with E-state index in [1.54, 1.807) is 14.0 Å². The summed E-state index contributed by atoms with van der Waals surface area (Å²) in [5.74, 6) is -1.52. The largest absolute Gasteiger partial charge is 0.390 e. The molecule has 1 saturated carbocycles. The van der Waals surface area contributed by atoms with Crippen LogP contribution in [0.3, 0.4) is 0 Å². The third-order valence-electron chi connectivity index (χ3n) is 6.72. The van der Waals surface area contributed by atoms with Crippen LogP contribution in [0.2, 0.25) is 0 Å². The quantitative estimate of drug-likeness (QED) is 0.659. The van der Waals surface area contributed by atoms with Crippen molar-refractivity contribution in [1.29, 1.82) is 0 Å². The lowest BCUT2D eigenvalue weighted by Gasteiger charge is -2.26. The van der Waals surface area contributed by atoms with Crippen LogP contribution < -0.4 is 10.2 Å². The minimum absolute atomic E-state index is 0.0990. The normalized spacial score (nSPS) is 20.7. The topological polar surface area (TPSA) is 91.2 Å². The molecule has 0 bridgehead atoms. The molecule has 2 amide bonds. The molecular weight excluding hydrogens is 430 g/mol. The number of amides is 2. The third-order valence-corrected chi connectivity index (χ3v) is 6.72. The van der Waals surface area contributed by atoms with Gasteiger partial charge in [0.15, 0.2) is 0 Å². The number of aliphatic hydroxyl groups is 1. The maximum absolute atomic E-state index is 13.3. The van der Waals surface area contributed by atoms with Gasteiger partial charge >= 0.3 is 0 Å². The van der Waals surface area contributed by atoms with Crippen LogP contribution in [0.4, 0.5) is 5.69 Å². The second kappa shape index (κ2) is 10.9. The molecule has 3 atom stereocenters. The van der Waals surface area contributed by atoms with E-state index < -0.39 is 24.1 Å². The number of carbonyl (C=O) groups excluding carboxylic acids is 2. The van der Waals surface area contributed by atoms with E-state index in [-0.39, 0.29) is 18.6 Å². The Hall–Kier alpha value is -3.03. The van der Waals surface area contributed by atoms with Crippen molar-refractivity contribution in [2.24, 2.45) is 10.9 Å². The second-order valence-corrected chi connectivity index (χ2v) is 9.12. The number of rotatable bonds is 7. The average Bonchev–Trinajstić information content (AvgIpc) is 2.98. The number of benzodiazepines with no additional fused rings is 1. The first kappa shape index (κ1) is 24.1. The summed E-state index contributed by atoms with van der Waals surface area (Å²) in [4.78, 5) is 32.5. The van der Waals surface area contributed by atoms with Gasteiger partial charge in [-0.15, -0.1) is 0 Å². The molecule has 3 unspecified atom stereocenters. The molecule has 1 fully saturated rings. The highest BCUT2D eigenvalue weighted by atomic mass is 16.5. The zero-order valence-corrected chi connectivity index (χ0v) is 19.8. The molecule has 2 N–H and O–H groups in total. The van der Waals surface area contributed by atoms with E-state index in [9.17, 15) is 14.7 Å². The van der Waals surface area contributed by atoms with Crippen LogP contribution >= 0.6 is 0 Å². The van der Waals surface area contributed by atoms with Crippen molar-refractivity contribution in [3.8, 4) is 0 Å². The highest BCUT2D eigenvalue weighted by Gasteiger charge is 2.33. The first-order valence-corrected chi connectivity index (χ1v) is 12.1. The third kappa shape index (κ3) is 5.37. The molecular formula is C27H33N3O4. The first-order valence-electron chi connectivity index (χ1n) is 12.1. The zero-order valence-electron chi connectivity index (χ0n) is 19.8. The monoisotopic (exact) mass is 463 g/mol. The van der Waals surface area contributed by atoms with E-state index in [2.05, 4.69) is 5.32 Å². The van der Waals surface area contributed by atoms with Crippen molar-refractivity contribution in [3.63, 3.8) is 0 Å². The average molecular weight is 464 g/mol. The molecule has 0 spiro atoms. The Morgan fingerprint density at radius 2 is 1.79 bits per heavy atom. The summed E-state index contributed by atoms with van der Waals surface area (Å²) in [6.07, 6.45) is 3.56. The lowest BCUT2D eigenvalue weighted by Crippen LogP contribution is -2.49. The molecule has 2 aromatic rings. The van der Waals surface area contributed by atoms with Gasteiger partial charge in [-0.1, -0.05) is 74.7 Å². The maximum Gasteiger partial charge on any atom is 0.272 e. The zero-order chi connectivity index (χ0) is 24.1. The highest BCUT2D eigenvalue weighted by molar-refractivity contribution is 6.20. The number of nitrogens with one attached hydrogen (secondary N) is 1. The fraction of sp³-hybridized carbons (Fsp3) is 0.444. The van der Waals surface area contributed by atoms with Crippen LogP contribution in [0.1, 0.15) is 50.2 Å². The fourth-order valence-corrected chi connectivity index (χ4v) is 4.49.